The van der Waals surface area contributed by atoms with Crippen molar-refractivity contribution in [3.05, 3.63) is 192 Å². The molecule has 240 valence electrons. The molecule has 0 saturated carbocycles. The average molecular weight is 653 g/mol. The summed E-state index contributed by atoms with van der Waals surface area (Å²) in [4.78, 5) is 18.6. The van der Waals surface area contributed by atoms with Gasteiger partial charge in [0.1, 0.15) is 0 Å². The van der Waals surface area contributed by atoms with Gasteiger partial charge in [-0.3, -0.25) is 19.9 Å². The number of benzene rings is 4. The monoisotopic (exact) mass is 652 g/mol. The van der Waals surface area contributed by atoms with Crippen molar-refractivity contribution < 1.29 is 0 Å². The lowest BCUT2D eigenvalue weighted by atomic mass is 9.70. The number of pyridine rings is 4. The number of aryl methyl sites for hydroxylation is 2. The van der Waals surface area contributed by atoms with Crippen LogP contribution in [0.4, 0.5) is 0 Å². The molecule has 2 aliphatic carbocycles. The highest BCUT2D eigenvalue weighted by molar-refractivity contribution is 5.97. The van der Waals surface area contributed by atoms with E-state index in [9.17, 15) is 0 Å². The summed E-state index contributed by atoms with van der Waals surface area (Å²) in [6.07, 6.45) is 7.49. The Balaban J connectivity index is 1.20. The largest absolute Gasteiger partial charge is 0.261 e. The van der Waals surface area contributed by atoms with Crippen LogP contribution in [0.1, 0.15) is 33.6 Å². The Bertz CT molecular complexity index is 2500. The van der Waals surface area contributed by atoms with Gasteiger partial charge in [-0.15, -0.1) is 0 Å². The first-order valence-electron chi connectivity index (χ1n) is 17.4. The second-order valence-corrected chi connectivity index (χ2v) is 13.5. The molecule has 0 saturated heterocycles. The lowest BCUT2D eigenvalue weighted by Gasteiger charge is -2.31. The summed E-state index contributed by atoms with van der Waals surface area (Å²) >= 11 is 0. The van der Waals surface area contributed by atoms with Crippen LogP contribution < -0.4 is 0 Å². The minimum atomic E-state index is -0.477. The van der Waals surface area contributed by atoms with E-state index in [4.69, 9.17) is 9.97 Å². The topological polar surface area (TPSA) is 51.6 Å². The van der Waals surface area contributed by atoms with E-state index in [1.165, 1.54) is 55.6 Å². The van der Waals surface area contributed by atoms with Gasteiger partial charge in [0.05, 0.1) is 16.8 Å². The van der Waals surface area contributed by atoms with Gasteiger partial charge in [-0.2, -0.15) is 0 Å². The smallest absolute Gasteiger partial charge is 0.0726 e. The summed E-state index contributed by atoms with van der Waals surface area (Å²) in [6, 6.07) is 48.7. The van der Waals surface area contributed by atoms with Crippen molar-refractivity contribution in [1.29, 1.82) is 0 Å². The van der Waals surface area contributed by atoms with E-state index in [0.29, 0.717) is 0 Å². The van der Waals surface area contributed by atoms with Crippen molar-refractivity contribution in [2.75, 3.05) is 0 Å². The Labute approximate surface area is 297 Å². The molecule has 0 radical (unpaired) electrons. The summed E-state index contributed by atoms with van der Waals surface area (Å²) in [5.74, 6) is 0. The standard InChI is InChI=1S/C47H32N4/c1-29-35(11-7-21-48-29)45-27-33(19-23-50-45)31-15-17-39-40-18-16-32(34-20-24-51-46(28-34)36-12-8-22-49-30(36)2)26-44(40)47(43(39)25-31)41-13-5-3-9-37(41)38-10-4-6-14-42(38)47/h3-28H,1-2H3. The van der Waals surface area contributed by atoms with E-state index in [-0.39, 0.29) is 0 Å². The zero-order valence-corrected chi connectivity index (χ0v) is 28.3. The maximum atomic E-state index is 4.75. The number of hydrogen-bond acceptors (Lipinski definition) is 4. The predicted molar refractivity (Wildman–Crippen MR) is 205 cm³/mol. The van der Waals surface area contributed by atoms with Gasteiger partial charge >= 0.3 is 0 Å². The van der Waals surface area contributed by atoms with Crippen molar-refractivity contribution in [2.45, 2.75) is 19.3 Å². The molecule has 51 heavy (non-hydrogen) atoms. The van der Waals surface area contributed by atoms with Gasteiger partial charge in [0, 0.05) is 47.3 Å². The second kappa shape index (κ2) is 11.3. The molecule has 0 atom stereocenters. The first-order valence-corrected chi connectivity index (χ1v) is 17.4. The van der Waals surface area contributed by atoms with Crippen LogP contribution in [0.3, 0.4) is 0 Å². The van der Waals surface area contributed by atoms with Gasteiger partial charge in [-0.25, -0.2) is 0 Å². The minimum Gasteiger partial charge on any atom is -0.261 e. The molecule has 0 amide bonds. The predicted octanol–water partition coefficient (Wildman–Crippen LogP) is 10.9. The molecule has 4 aromatic carbocycles. The van der Waals surface area contributed by atoms with Gasteiger partial charge in [0.25, 0.3) is 0 Å². The highest BCUT2D eigenvalue weighted by Crippen LogP contribution is 2.63. The number of fused-ring (bicyclic) bond motifs is 10. The van der Waals surface area contributed by atoms with Crippen LogP contribution in [-0.2, 0) is 5.41 Å². The second-order valence-electron chi connectivity index (χ2n) is 13.5. The Hall–Kier alpha value is -6.52. The normalized spacial score (nSPS) is 13.1. The van der Waals surface area contributed by atoms with Crippen LogP contribution in [0.15, 0.2) is 158 Å². The summed E-state index contributed by atoms with van der Waals surface area (Å²) < 4.78 is 0. The Morgan fingerprint density at radius 2 is 0.745 bits per heavy atom. The first kappa shape index (κ1) is 29.4. The fourth-order valence-electron chi connectivity index (χ4n) is 8.52. The van der Waals surface area contributed by atoms with Crippen molar-refractivity contribution in [1.82, 2.24) is 19.9 Å². The molecule has 0 fully saturated rings. The van der Waals surface area contributed by atoms with Crippen molar-refractivity contribution >= 4 is 0 Å². The SMILES string of the molecule is Cc1ncccc1-c1cc(-c2ccc3c(c2)C2(c4ccccc4-c4ccccc42)c2cc(-c4ccnc(-c5cccnc5C)c4)ccc2-3)ccn1. The van der Waals surface area contributed by atoms with Crippen molar-refractivity contribution in [2.24, 2.45) is 0 Å². The maximum Gasteiger partial charge on any atom is 0.0726 e. The fraction of sp³-hybridized carbons (Fsp3) is 0.0638. The molecule has 1 spiro atoms. The fourth-order valence-corrected chi connectivity index (χ4v) is 8.52. The van der Waals surface area contributed by atoms with Gasteiger partial charge in [-0.1, -0.05) is 72.8 Å². The number of rotatable bonds is 4. The van der Waals surface area contributed by atoms with Crippen molar-refractivity contribution in [3.63, 3.8) is 0 Å². The summed E-state index contributed by atoms with van der Waals surface area (Å²) in [6.45, 7) is 4.08. The molecular formula is C47H32N4. The molecule has 0 unspecified atom stereocenters. The number of nitrogens with zero attached hydrogens (tertiary/aromatic N) is 4. The number of aromatic nitrogens is 4. The molecular weight excluding hydrogens is 621 g/mol. The van der Waals surface area contributed by atoms with Crippen LogP contribution in [-0.4, -0.2) is 19.9 Å². The Morgan fingerprint density at radius 1 is 0.333 bits per heavy atom. The van der Waals surface area contributed by atoms with Crippen LogP contribution in [0.2, 0.25) is 0 Å². The van der Waals surface area contributed by atoms with Gasteiger partial charge in [-0.05, 0) is 141 Å². The quantitative estimate of drug-likeness (QED) is 0.190. The molecule has 4 heteroatoms. The Kier molecular flexibility index (Phi) is 6.49. The van der Waals surface area contributed by atoms with Gasteiger partial charge in [0.2, 0.25) is 0 Å². The van der Waals surface area contributed by atoms with E-state index in [2.05, 4.69) is 131 Å². The van der Waals surface area contributed by atoms with Crippen LogP contribution in [0, 0.1) is 13.8 Å². The zero-order chi connectivity index (χ0) is 34.1. The van der Waals surface area contributed by atoms with Crippen LogP contribution in [0.25, 0.3) is 67.0 Å². The van der Waals surface area contributed by atoms with Crippen molar-refractivity contribution in [3.8, 4) is 67.0 Å². The third-order valence-electron chi connectivity index (χ3n) is 10.8. The highest BCUT2D eigenvalue weighted by atomic mass is 14.7. The first-order chi connectivity index (χ1) is 25.1. The molecule has 0 bridgehead atoms. The molecule has 4 nitrogen and oxygen atoms in total. The number of hydrogen-bond donors (Lipinski definition) is 0. The van der Waals surface area contributed by atoms with E-state index < -0.39 is 5.41 Å². The molecule has 4 aromatic heterocycles. The van der Waals surface area contributed by atoms with E-state index in [1.54, 1.807) is 0 Å². The molecule has 0 aliphatic heterocycles. The average Bonchev–Trinajstić information content (AvgIpc) is 3.65. The van der Waals surface area contributed by atoms with Gasteiger partial charge in [0.15, 0.2) is 0 Å². The maximum absolute atomic E-state index is 4.75. The highest BCUT2D eigenvalue weighted by Gasteiger charge is 2.51. The summed E-state index contributed by atoms with van der Waals surface area (Å²) in [7, 11) is 0. The third kappa shape index (κ3) is 4.33. The lowest BCUT2D eigenvalue weighted by Crippen LogP contribution is -2.26. The summed E-state index contributed by atoms with van der Waals surface area (Å²) in [5, 5.41) is 0. The molecule has 10 rings (SSSR count). The third-order valence-corrected chi connectivity index (χ3v) is 10.8. The van der Waals surface area contributed by atoms with Crippen LogP contribution >= 0.6 is 0 Å². The molecule has 0 N–H and O–H groups in total. The molecule has 8 aromatic rings. The van der Waals surface area contributed by atoms with Gasteiger partial charge < -0.3 is 0 Å². The molecule has 2 aliphatic rings. The lowest BCUT2D eigenvalue weighted by molar-refractivity contribution is 0.794. The zero-order valence-electron chi connectivity index (χ0n) is 28.3. The van der Waals surface area contributed by atoms with Crippen LogP contribution in [0.5, 0.6) is 0 Å². The van der Waals surface area contributed by atoms with E-state index in [0.717, 1.165) is 45.0 Å². The van der Waals surface area contributed by atoms with E-state index in [1.807, 2.05) is 50.8 Å². The van der Waals surface area contributed by atoms with E-state index >= 15 is 0 Å². The summed E-state index contributed by atoms with van der Waals surface area (Å²) in [5.41, 5.74) is 20.4. The molecule has 4 heterocycles. The minimum absolute atomic E-state index is 0.477. The Morgan fingerprint density at radius 3 is 1.22 bits per heavy atom.